The molecule has 9 nitrogen and oxygen atoms in total. The second-order valence-electron chi connectivity index (χ2n) is 14.3. The number of carbonyl (C=O) groups excluding carboxylic acids is 2. The second kappa shape index (κ2) is 19.6. The first-order chi connectivity index (χ1) is 25.9. The van der Waals surface area contributed by atoms with Crippen LogP contribution >= 0.6 is 0 Å². The van der Waals surface area contributed by atoms with Crippen LogP contribution in [0.15, 0.2) is 103 Å². The Morgan fingerprint density at radius 2 is 1.43 bits per heavy atom. The number of amides is 2. The molecule has 4 aromatic carbocycles. The number of nitrogens with one attached hydrogen (secondary N) is 2. The van der Waals surface area contributed by atoms with E-state index in [4.69, 9.17) is 9.47 Å². The van der Waals surface area contributed by atoms with Crippen LogP contribution in [0.3, 0.4) is 0 Å². The van der Waals surface area contributed by atoms with Crippen LogP contribution < -0.4 is 10.6 Å². The van der Waals surface area contributed by atoms with Gasteiger partial charge in [-0.1, -0.05) is 110 Å². The van der Waals surface area contributed by atoms with E-state index >= 15 is 0 Å². The zero-order valence-corrected chi connectivity index (χ0v) is 30.9. The van der Waals surface area contributed by atoms with Gasteiger partial charge in [-0.15, -0.1) is 0 Å². The van der Waals surface area contributed by atoms with Crippen molar-refractivity contribution >= 4 is 11.8 Å². The number of hydrogen-bond acceptors (Lipinski definition) is 7. The van der Waals surface area contributed by atoms with Crippen LogP contribution in [-0.4, -0.2) is 72.1 Å². The maximum Gasteiger partial charge on any atom is 0.220 e. The third kappa shape index (κ3) is 11.6. The van der Waals surface area contributed by atoms with Crippen molar-refractivity contribution in [1.82, 2.24) is 20.4 Å². The molecule has 0 bridgehead atoms. The minimum atomic E-state index is -0.516. The van der Waals surface area contributed by atoms with Gasteiger partial charge in [-0.2, -0.15) is 0 Å². The summed E-state index contributed by atoms with van der Waals surface area (Å²) >= 11 is 0. The second-order valence-corrected chi connectivity index (χ2v) is 14.3. The lowest BCUT2D eigenvalue weighted by molar-refractivity contribution is -0.253. The summed E-state index contributed by atoms with van der Waals surface area (Å²) in [6.45, 7) is 8.52. The molecular weight excluding hydrogens is 665 g/mol. The number of aliphatic hydroxyl groups excluding tert-OH is 1. The van der Waals surface area contributed by atoms with E-state index in [0.717, 1.165) is 98.3 Å². The van der Waals surface area contributed by atoms with Gasteiger partial charge < -0.3 is 25.2 Å². The van der Waals surface area contributed by atoms with E-state index in [1.807, 2.05) is 24.3 Å². The van der Waals surface area contributed by atoms with Crippen LogP contribution in [0, 0.1) is 0 Å². The Labute approximate surface area is 314 Å². The Bertz CT molecular complexity index is 1730. The molecule has 2 heterocycles. The summed E-state index contributed by atoms with van der Waals surface area (Å²) < 4.78 is 13.4. The fourth-order valence-corrected chi connectivity index (χ4v) is 7.20. The van der Waals surface area contributed by atoms with E-state index in [1.54, 1.807) is 0 Å². The molecule has 0 spiro atoms. The van der Waals surface area contributed by atoms with Gasteiger partial charge in [-0.25, -0.2) is 0 Å². The fourth-order valence-electron chi connectivity index (χ4n) is 7.20. The fraction of sp³-hybridized carbons (Fsp3) is 0.409. The predicted octanol–water partition coefficient (Wildman–Crippen LogP) is 6.52. The van der Waals surface area contributed by atoms with Crippen molar-refractivity contribution in [2.75, 3.05) is 39.3 Å². The van der Waals surface area contributed by atoms with Gasteiger partial charge in [-0.3, -0.25) is 19.4 Å². The number of piperazine rings is 1. The van der Waals surface area contributed by atoms with Crippen LogP contribution in [0.5, 0.6) is 0 Å². The number of nitrogens with zero attached hydrogens (tertiary/aromatic N) is 2. The first kappa shape index (κ1) is 38.3. The first-order valence-electron chi connectivity index (χ1n) is 19.1. The SMILES string of the molecule is CC(=O)NCCCCCC(=O)NCc1ccccc1-c1ccc([C@@H]2O[C@H](CN3CCN(Cc4ccccc4)CC3)C[C@H](c3ccc(CO)cc3)O2)cc1. The summed E-state index contributed by atoms with van der Waals surface area (Å²) in [4.78, 5) is 28.7. The molecule has 2 amide bonds. The van der Waals surface area contributed by atoms with Crippen LogP contribution in [-0.2, 0) is 38.8 Å². The summed E-state index contributed by atoms with van der Waals surface area (Å²) in [5.74, 6) is 0.0104. The van der Waals surface area contributed by atoms with E-state index in [0.29, 0.717) is 19.5 Å². The smallest absolute Gasteiger partial charge is 0.220 e. The van der Waals surface area contributed by atoms with E-state index in [9.17, 15) is 14.7 Å². The van der Waals surface area contributed by atoms with Gasteiger partial charge in [0.05, 0.1) is 18.8 Å². The van der Waals surface area contributed by atoms with E-state index in [-0.39, 0.29) is 30.6 Å². The average molecular weight is 719 g/mol. The summed E-state index contributed by atoms with van der Waals surface area (Å²) in [5, 5.41) is 15.5. The summed E-state index contributed by atoms with van der Waals surface area (Å²) in [6, 6.07) is 35.3. The summed E-state index contributed by atoms with van der Waals surface area (Å²) in [6.07, 6.45) is 3.14. The molecule has 3 atom stereocenters. The molecule has 3 N–H and O–H groups in total. The topological polar surface area (TPSA) is 103 Å². The van der Waals surface area contributed by atoms with Gasteiger partial charge in [0.15, 0.2) is 6.29 Å². The van der Waals surface area contributed by atoms with Crippen LogP contribution in [0.1, 0.15) is 79.2 Å². The maximum atomic E-state index is 12.6. The molecule has 2 aliphatic heterocycles. The lowest BCUT2D eigenvalue weighted by atomic mass is 9.97. The molecule has 0 aliphatic carbocycles. The number of rotatable bonds is 16. The highest BCUT2D eigenvalue weighted by atomic mass is 16.7. The van der Waals surface area contributed by atoms with Crippen LogP contribution in [0.2, 0.25) is 0 Å². The number of aliphatic hydroxyl groups is 1. The molecule has 0 saturated carbocycles. The number of carbonyl (C=O) groups is 2. The molecule has 0 radical (unpaired) electrons. The Hall–Kier alpha value is -4.38. The van der Waals surface area contributed by atoms with E-state index in [1.165, 1.54) is 12.5 Å². The Morgan fingerprint density at radius 1 is 0.736 bits per heavy atom. The minimum absolute atomic E-state index is 0.00170. The maximum absolute atomic E-state index is 12.6. The highest BCUT2D eigenvalue weighted by Gasteiger charge is 2.34. The zero-order valence-electron chi connectivity index (χ0n) is 30.9. The van der Waals surface area contributed by atoms with Gasteiger partial charge in [0.2, 0.25) is 11.8 Å². The van der Waals surface area contributed by atoms with Gasteiger partial charge in [0.1, 0.15) is 0 Å². The highest BCUT2D eigenvalue weighted by Crippen LogP contribution is 2.39. The van der Waals surface area contributed by atoms with E-state index in [2.05, 4.69) is 99.3 Å². The van der Waals surface area contributed by atoms with Gasteiger partial charge in [-0.05, 0) is 46.2 Å². The molecule has 280 valence electrons. The molecule has 0 unspecified atom stereocenters. The van der Waals surface area contributed by atoms with Crippen molar-refractivity contribution < 1.29 is 24.2 Å². The third-order valence-electron chi connectivity index (χ3n) is 10.2. The minimum Gasteiger partial charge on any atom is -0.392 e. The van der Waals surface area contributed by atoms with Gasteiger partial charge >= 0.3 is 0 Å². The molecule has 2 fully saturated rings. The molecule has 4 aromatic rings. The monoisotopic (exact) mass is 718 g/mol. The number of unbranched alkanes of at least 4 members (excludes halogenated alkanes) is 2. The molecular formula is C44H54N4O5. The van der Waals surface area contributed by atoms with Crippen molar-refractivity contribution in [3.05, 3.63) is 131 Å². The quantitative estimate of drug-likeness (QED) is 0.113. The predicted molar refractivity (Wildman–Crippen MR) is 207 cm³/mol. The number of benzene rings is 4. The number of ether oxygens (including phenoxy) is 2. The Balaban J connectivity index is 1.07. The normalized spacial score (nSPS) is 19.5. The first-order valence-corrected chi connectivity index (χ1v) is 19.1. The Kier molecular flexibility index (Phi) is 14.2. The average Bonchev–Trinajstić information content (AvgIpc) is 3.19. The lowest BCUT2D eigenvalue weighted by Gasteiger charge is -2.40. The number of hydrogen-bond donors (Lipinski definition) is 3. The standard InChI is InChI=1S/C44H54N4O5/c1-33(50)45-23-9-3-6-14-43(51)46-29-39-12-7-8-13-41(39)36-19-21-38(22-20-36)44-52-40(28-42(53-44)37-17-15-35(32-49)16-18-37)31-48-26-24-47(25-27-48)30-34-10-4-2-5-11-34/h2,4-5,7-8,10-13,15-22,40,42,44,49H,3,6,9,14,23-32H2,1H3,(H,45,50)(H,46,51)/t40-,42+,44+/m0/s1. The van der Waals surface area contributed by atoms with Crippen molar-refractivity contribution in [2.24, 2.45) is 0 Å². The van der Waals surface area contributed by atoms with Crippen LogP contribution in [0.4, 0.5) is 0 Å². The Morgan fingerprint density at radius 3 is 2.17 bits per heavy atom. The van der Waals surface area contributed by atoms with Gasteiger partial charge in [0.25, 0.3) is 0 Å². The zero-order chi connectivity index (χ0) is 36.8. The van der Waals surface area contributed by atoms with Crippen molar-refractivity contribution in [3.8, 4) is 11.1 Å². The lowest BCUT2D eigenvalue weighted by Crippen LogP contribution is -2.49. The molecule has 2 saturated heterocycles. The molecule has 9 heteroatoms. The summed E-state index contributed by atoms with van der Waals surface area (Å²) in [5.41, 5.74) is 7.48. The van der Waals surface area contributed by atoms with Crippen molar-refractivity contribution in [3.63, 3.8) is 0 Å². The molecule has 6 rings (SSSR count). The molecule has 2 aliphatic rings. The summed E-state index contributed by atoms with van der Waals surface area (Å²) in [7, 11) is 0. The van der Waals surface area contributed by atoms with Crippen LogP contribution in [0.25, 0.3) is 11.1 Å². The van der Waals surface area contributed by atoms with Gasteiger partial charge in [0, 0.05) is 77.7 Å². The largest absolute Gasteiger partial charge is 0.392 e. The molecule has 0 aromatic heterocycles. The third-order valence-corrected chi connectivity index (χ3v) is 10.2. The highest BCUT2D eigenvalue weighted by molar-refractivity contribution is 5.76. The van der Waals surface area contributed by atoms with E-state index < -0.39 is 6.29 Å². The van der Waals surface area contributed by atoms with Crippen molar-refractivity contribution in [2.45, 2.75) is 77.2 Å². The van der Waals surface area contributed by atoms with Crippen molar-refractivity contribution in [1.29, 1.82) is 0 Å². The molecule has 53 heavy (non-hydrogen) atoms.